The molecule has 5 aromatic rings. The molecular formula is C46H36N4O. The van der Waals surface area contributed by atoms with Crippen molar-refractivity contribution in [2.75, 3.05) is 0 Å². The number of aromatic amines is 1. The summed E-state index contributed by atoms with van der Waals surface area (Å²) in [5.74, 6) is 0.0519. The largest absolute Gasteiger partial charge is 0.374 e. The molecule has 4 aliphatic heterocycles. The highest BCUT2D eigenvalue weighted by Crippen LogP contribution is 2.40. The molecule has 1 atom stereocenters. The van der Waals surface area contributed by atoms with Crippen LogP contribution >= 0.6 is 0 Å². The van der Waals surface area contributed by atoms with Crippen LogP contribution in [0, 0.1) is 0 Å². The number of rotatable bonds is 5. The molecule has 1 aromatic heterocycles. The zero-order valence-corrected chi connectivity index (χ0v) is 28.3. The van der Waals surface area contributed by atoms with E-state index in [9.17, 15) is 4.79 Å². The minimum Gasteiger partial charge on any atom is -0.374 e. The number of aromatic nitrogens is 1. The van der Waals surface area contributed by atoms with Gasteiger partial charge < -0.3 is 15.6 Å². The van der Waals surface area contributed by atoms with Crippen molar-refractivity contribution >= 4 is 33.8 Å². The molecule has 5 heterocycles. The zero-order valence-electron chi connectivity index (χ0n) is 28.3. The topological polar surface area (TPSA) is 69.3 Å². The number of H-pyrrole nitrogens is 1. The molecule has 0 spiro atoms. The van der Waals surface area contributed by atoms with Crippen LogP contribution in [0.3, 0.4) is 0 Å². The average Bonchev–Trinajstić information content (AvgIpc) is 4.01. The Labute approximate surface area is 297 Å². The zero-order chi connectivity index (χ0) is 34.3. The second kappa shape index (κ2) is 12.8. The van der Waals surface area contributed by atoms with E-state index in [1.54, 1.807) is 6.92 Å². The van der Waals surface area contributed by atoms with Crippen LogP contribution < -0.4 is 10.6 Å². The summed E-state index contributed by atoms with van der Waals surface area (Å²) >= 11 is 0. The normalized spacial score (nSPS) is 23.6. The van der Waals surface area contributed by atoms with Gasteiger partial charge in [0.1, 0.15) is 0 Å². The van der Waals surface area contributed by atoms with Crippen LogP contribution in [-0.2, 0) is 0 Å². The Bertz CT molecular complexity index is 2400. The van der Waals surface area contributed by atoms with Gasteiger partial charge in [0.25, 0.3) is 0 Å². The summed E-state index contributed by atoms with van der Waals surface area (Å²) < 4.78 is 0. The number of fused-ring (bicyclic) bond motifs is 7. The van der Waals surface area contributed by atoms with E-state index in [0.717, 1.165) is 80.4 Å². The van der Waals surface area contributed by atoms with Gasteiger partial charge in [-0.3, -0.25) is 4.79 Å². The summed E-state index contributed by atoms with van der Waals surface area (Å²) in [6, 6.07) is 44.0. The van der Waals surface area contributed by atoms with E-state index in [1.165, 1.54) is 16.8 Å². The molecule has 0 saturated carbocycles. The number of carbonyl (C=O) groups excluding carboxylic acids is 1. The van der Waals surface area contributed by atoms with Gasteiger partial charge in [-0.2, -0.15) is 0 Å². The van der Waals surface area contributed by atoms with Crippen molar-refractivity contribution in [3.8, 4) is 0 Å². The highest BCUT2D eigenvalue weighted by molar-refractivity contribution is 6.31. The number of ketones is 1. The van der Waals surface area contributed by atoms with Gasteiger partial charge in [-0.05, 0) is 72.4 Å². The first-order chi connectivity index (χ1) is 25.1. The number of hydrogen-bond acceptors (Lipinski definition) is 4. The van der Waals surface area contributed by atoms with E-state index in [0.29, 0.717) is 5.56 Å². The van der Waals surface area contributed by atoms with Crippen molar-refractivity contribution in [1.82, 2.24) is 15.6 Å². The van der Waals surface area contributed by atoms with Crippen molar-refractivity contribution in [2.45, 2.75) is 25.8 Å². The summed E-state index contributed by atoms with van der Waals surface area (Å²) in [5.41, 5.74) is 16.7. The number of benzene rings is 4. The summed E-state index contributed by atoms with van der Waals surface area (Å²) in [6.07, 6.45) is 10.5. The molecule has 9 rings (SSSR count). The smallest absolute Gasteiger partial charge is 0.159 e. The Morgan fingerprint density at radius 2 is 1.20 bits per heavy atom. The first kappa shape index (κ1) is 30.6. The third-order valence-corrected chi connectivity index (χ3v) is 10.1. The monoisotopic (exact) mass is 660 g/mol. The predicted molar refractivity (Wildman–Crippen MR) is 207 cm³/mol. The Morgan fingerprint density at radius 1 is 0.608 bits per heavy atom. The van der Waals surface area contributed by atoms with E-state index < -0.39 is 0 Å². The van der Waals surface area contributed by atoms with E-state index in [1.807, 2.05) is 18.2 Å². The standard InChI is InChI=1S/C46H36N4O/c1-29(51)30-17-19-34(20-18-30)46-41-27-25-39(49-41)44(32-13-7-3-8-14-32)37-23-21-35(47-37)43(31-11-5-2-6-12-31)36-22-24-38(48-36)45(33-15-9-4-10-16-33)40-26-28-42(46)50-40/h2-25,27,38,47-48,50H,26,28H2,1H3/b43-36-,44-39-,45-40-,46-42-. The molecule has 0 amide bonds. The minimum atomic E-state index is -0.0429. The minimum absolute atomic E-state index is 0.0429. The molecule has 5 heteroatoms. The van der Waals surface area contributed by atoms with Gasteiger partial charge in [-0.15, -0.1) is 0 Å². The number of nitrogens with one attached hydrogen (secondary N) is 3. The van der Waals surface area contributed by atoms with Gasteiger partial charge in [-0.25, -0.2) is 4.99 Å². The van der Waals surface area contributed by atoms with Crippen LogP contribution in [0.15, 0.2) is 179 Å². The Kier molecular flexibility index (Phi) is 7.66. The number of nitrogens with zero attached hydrogens (tertiary/aromatic N) is 1. The lowest BCUT2D eigenvalue weighted by atomic mass is 9.95. The third kappa shape index (κ3) is 5.63. The summed E-state index contributed by atoms with van der Waals surface area (Å²) in [7, 11) is 0. The number of Topliss-reactive ketones (excluding diaryl/α,β-unsaturated/α-hetero) is 1. The van der Waals surface area contributed by atoms with Gasteiger partial charge >= 0.3 is 0 Å². The lowest BCUT2D eigenvalue weighted by Gasteiger charge is -2.21. The fraction of sp³-hybridized carbons (Fsp3) is 0.0870. The molecule has 246 valence electrons. The van der Waals surface area contributed by atoms with Crippen LogP contribution in [0.2, 0.25) is 0 Å². The summed E-state index contributed by atoms with van der Waals surface area (Å²) in [6.45, 7) is 1.61. The van der Waals surface area contributed by atoms with Crippen molar-refractivity contribution < 1.29 is 4.79 Å². The third-order valence-electron chi connectivity index (χ3n) is 10.1. The van der Waals surface area contributed by atoms with E-state index in [-0.39, 0.29) is 11.8 Å². The van der Waals surface area contributed by atoms with Gasteiger partial charge in [0.05, 0.1) is 17.5 Å². The molecule has 4 aromatic carbocycles. The van der Waals surface area contributed by atoms with Crippen LogP contribution in [0.1, 0.15) is 63.8 Å². The summed E-state index contributed by atoms with van der Waals surface area (Å²) in [5, 5.41) is 7.86. The Hall–Kier alpha value is -6.46. The molecule has 1 saturated heterocycles. The first-order valence-corrected chi connectivity index (χ1v) is 17.5. The molecule has 1 fully saturated rings. The fourth-order valence-corrected chi connectivity index (χ4v) is 7.67. The lowest BCUT2D eigenvalue weighted by molar-refractivity contribution is 0.101. The Balaban J connectivity index is 1.32. The highest BCUT2D eigenvalue weighted by Gasteiger charge is 2.30. The molecule has 1 unspecified atom stereocenters. The fourth-order valence-electron chi connectivity index (χ4n) is 7.67. The van der Waals surface area contributed by atoms with Crippen molar-refractivity contribution in [1.29, 1.82) is 0 Å². The number of allylic oxidation sites excluding steroid dienone is 6. The quantitative estimate of drug-likeness (QED) is 0.165. The molecule has 0 radical (unpaired) electrons. The van der Waals surface area contributed by atoms with Gasteiger partial charge in [0.15, 0.2) is 5.78 Å². The molecule has 5 nitrogen and oxygen atoms in total. The maximum absolute atomic E-state index is 12.2. The molecule has 0 aliphatic carbocycles. The second-order valence-corrected chi connectivity index (χ2v) is 13.2. The first-order valence-electron chi connectivity index (χ1n) is 17.5. The van der Waals surface area contributed by atoms with Crippen LogP contribution in [0.25, 0.3) is 22.3 Å². The summed E-state index contributed by atoms with van der Waals surface area (Å²) in [4.78, 5) is 21.4. The maximum Gasteiger partial charge on any atom is 0.159 e. The SMILES string of the molecule is CC(=O)c1ccc(/C2=C3\CC/C(=C(\c4ccccc4)C4C=C/C(=C(\c5ccccc5)c5ccc([nH]5)/C(c5ccccc5)=C5/C=CC2=N5)N4)N3)cc1. The van der Waals surface area contributed by atoms with Gasteiger partial charge in [0, 0.05) is 56.3 Å². The van der Waals surface area contributed by atoms with Gasteiger partial charge in [-0.1, -0.05) is 121 Å². The van der Waals surface area contributed by atoms with Crippen molar-refractivity contribution in [3.63, 3.8) is 0 Å². The number of hydrogen-bond donors (Lipinski definition) is 3. The highest BCUT2D eigenvalue weighted by atomic mass is 16.1. The Morgan fingerprint density at radius 3 is 1.86 bits per heavy atom. The number of aliphatic imine (C=N–C) groups is 1. The molecule has 8 bridgehead atoms. The van der Waals surface area contributed by atoms with Crippen LogP contribution in [0.5, 0.6) is 0 Å². The van der Waals surface area contributed by atoms with Gasteiger partial charge in [0.2, 0.25) is 0 Å². The van der Waals surface area contributed by atoms with Crippen molar-refractivity contribution in [3.05, 3.63) is 214 Å². The molecule has 51 heavy (non-hydrogen) atoms. The van der Waals surface area contributed by atoms with E-state index in [2.05, 4.69) is 149 Å². The van der Waals surface area contributed by atoms with E-state index >= 15 is 0 Å². The number of carbonyl (C=O) groups is 1. The average molecular weight is 661 g/mol. The second-order valence-electron chi connectivity index (χ2n) is 13.2. The lowest BCUT2D eigenvalue weighted by Crippen LogP contribution is -2.26. The molecule has 4 aliphatic rings. The van der Waals surface area contributed by atoms with Crippen LogP contribution in [0.4, 0.5) is 0 Å². The van der Waals surface area contributed by atoms with Crippen LogP contribution in [-0.4, -0.2) is 22.5 Å². The molecular weight excluding hydrogens is 625 g/mol. The van der Waals surface area contributed by atoms with E-state index in [4.69, 9.17) is 4.99 Å². The maximum atomic E-state index is 12.2. The predicted octanol–water partition coefficient (Wildman–Crippen LogP) is 9.49. The molecule has 3 N–H and O–H groups in total. The van der Waals surface area contributed by atoms with Crippen molar-refractivity contribution in [2.24, 2.45) is 4.99 Å².